The third kappa shape index (κ3) is 3.48. The number of nitrogens with zero attached hydrogens (tertiary/aromatic N) is 2. The fourth-order valence-corrected chi connectivity index (χ4v) is 7.05. The quantitative estimate of drug-likeness (QED) is 0.581. The number of nitro benzene ring substituents is 1. The van der Waals surface area contributed by atoms with E-state index in [9.17, 15) is 15.2 Å². The maximum atomic E-state index is 11.1. The average molecular weight is 402 g/mol. The SMILES string of the molecule is COc1cc(NC2CCN([C@H]3C4CC5CC3C[C@](O)(C5)C4)CC2)ccc1[N+](=O)[O-]. The van der Waals surface area contributed by atoms with E-state index in [1.165, 1.54) is 26.0 Å². The number of likely N-dealkylation sites (tertiary alicyclic amines) is 1. The summed E-state index contributed by atoms with van der Waals surface area (Å²) in [5, 5.41) is 25.5. The van der Waals surface area contributed by atoms with Gasteiger partial charge in [0.2, 0.25) is 0 Å². The second kappa shape index (κ2) is 7.13. The largest absolute Gasteiger partial charge is 0.490 e. The van der Waals surface area contributed by atoms with Crippen LogP contribution in [-0.2, 0) is 0 Å². The smallest absolute Gasteiger partial charge is 0.311 e. The van der Waals surface area contributed by atoms with Crippen molar-refractivity contribution >= 4 is 11.4 Å². The summed E-state index contributed by atoms with van der Waals surface area (Å²) < 4.78 is 5.19. The highest BCUT2D eigenvalue weighted by atomic mass is 16.6. The van der Waals surface area contributed by atoms with Crippen LogP contribution in [0.4, 0.5) is 11.4 Å². The van der Waals surface area contributed by atoms with Crippen LogP contribution in [0, 0.1) is 27.9 Å². The maximum absolute atomic E-state index is 11.1. The molecule has 0 spiro atoms. The lowest BCUT2D eigenvalue weighted by atomic mass is 9.52. The number of nitrogens with one attached hydrogen (secondary N) is 1. The van der Waals surface area contributed by atoms with Crippen LogP contribution < -0.4 is 10.1 Å². The molecule has 0 radical (unpaired) electrons. The van der Waals surface area contributed by atoms with Gasteiger partial charge in [-0.1, -0.05) is 0 Å². The Morgan fingerprint density at radius 1 is 1.21 bits per heavy atom. The molecule has 5 fully saturated rings. The van der Waals surface area contributed by atoms with Gasteiger partial charge in [-0.05, 0) is 68.8 Å². The molecule has 7 nitrogen and oxygen atoms in total. The first kappa shape index (κ1) is 19.1. The van der Waals surface area contributed by atoms with Gasteiger partial charge in [-0.3, -0.25) is 15.0 Å². The zero-order valence-corrected chi connectivity index (χ0v) is 17.0. The molecule has 0 amide bonds. The first-order valence-electron chi connectivity index (χ1n) is 11.0. The van der Waals surface area contributed by atoms with E-state index >= 15 is 0 Å². The number of nitro groups is 1. The minimum atomic E-state index is -0.414. The summed E-state index contributed by atoms with van der Waals surface area (Å²) in [7, 11) is 1.46. The molecule has 2 N–H and O–H groups in total. The van der Waals surface area contributed by atoms with Gasteiger partial charge in [0.05, 0.1) is 17.6 Å². The van der Waals surface area contributed by atoms with Crippen molar-refractivity contribution in [1.82, 2.24) is 4.90 Å². The highest BCUT2D eigenvalue weighted by molar-refractivity contribution is 5.58. The zero-order chi connectivity index (χ0) is 20.2. The molecule has 158 valence electrons. The van der Waals surface area contributed by atoms with Crippen molar-refractivity contribution in [2.24, 2.45) is 17.8 Å². The molecule has 2 unspecified atom stereocenters. The molecular formula is C22H31N3O4. The molecule has 1 aromatic rings. The summed E-state index contributed by atoms with van der Waals surface area (Å²) in [4.78, 5) is 13.4. The lowest BCUT2D eigenvalue weighted by Gasteiger charge is -2.61. The van der Waals surface area contributed by atoms with E-state index in [2.05, 4.69) is 10.2 Å². The number of hydrogen-bond acceptors (Lipinski definition) is 6. The van der Waals surface area contributed by atoms with Crippen LogP contribution in [-0.4, -0.2) is 52.8 Å². The molecule has 1 aromatic carbocycles. The standard InChI is InChI=1S/C22H31N3O4/c1-29-20-10-18(2-3-19(20)25(27)28)23-17-4-6-24(7-5-17)21-15-8-14-9-16(21)13-22(26,11-14)12-15/h2-3,10,14-17,21,23,26H,4-9,11-13H2,1H3/t14?,15?,16?,21-,22-. The van der Waals surface area contributed by atoms with Crippen molar-refractivity contribution in [2.75, 3.05) is 25.5 Å². The molecule has 4 aliphatic carbocycles. The molecular weight excluding hydrogens is 370 g/mol. The van der Waals surface area contributed by atoms with Gasteiger partial charge in [-0.2, -0.15) is 0 Å². The molecule has 4 bridgehead atoms. The van der Waals surface area contributed by atoms with E-state index < -0.39 is 4.92 Å². The van der Waals surface area contributed by atoms with Crippen molar-refractivity contribution in [3.63, 3.8) is 0 Å². The molecule has 5 aliphatic rings. The van der Waals surface area contributed by atoms with Gasteiger partial charge in [0.1, 0.15) is 0 Å². The average Bonchev–Trinajstić information content (AvgIpc) is 2.67. The Morgan fingerprint density at radius 2 is 1.90 bits per heavy atom. The van der Waals surface area contributed by atoms with Gasteiger partial charge in [-0.25, -0.2) is 0 Å². The Balaban J connectivity index is 1.20. The highest BCUT2D eigenvalue weighted by Gasteiger charge is 2.56. The number of methoxy groups -OCH3 is 1. The number of anilines is 1. The monoisotopic (exact) mass is 401 g/mol. The van der Waals surface area contributed by atoms with Crippen molar-refractivity contribution in [2.45, 2.75) is 62.6 Å². The normalized spacial score (nSPS) is 36.9. The zero-order valence-electron chi connectivity index (χ0n) is 17.0. The van der Waals surface area contributed by atoms with E-state index in [0.717, 1.165) is 56.8 Å². The molecule has 1 heterocycles. The molecule has 6 rings (SSSR count). The summed E-state index contributed by atoms with van der Waals surface area (Å²) in [6.07, 6.45) is 7.81. The summed E-state index contributed by atoms with van der Waals surface area (Å²) >= 11 is 0. The number of hydrogen-bond donors (Lipinski definition) is 2. The Labute approximate surface area is 171 Å². The second-order valence-corrected chi connectivity index (χ2v) is 9.78. The third-order valence-corrected chi connectivity index (χ3v) is 7.89. The fourth-order valence-electron chi connectivity index (χ4n) is 7.05. The lowest BCUT2D eigenvalue weighted by Crippen LogP contribution is -2.62. The summed E-state index contributed by atoms with van der Waals surface area (Å²) in [5.74, 6) is 2.40. The van der Waals surface area contributed by atoms with Crippen LogP contribution in [0.2, 0.25) is 0 Å². The van der Waals surface area contributed by atoms with Crippen molar-refractivity contribution in [3.8, 4) is 5.75 Å². The summed E-state index contributed by atoms with van der Waals surface area (Å²) in [6, 6.07) is 6.04. The van der Waals surface area contributed by atoms with Gasteiger partial charge in [0, 0.05) is 43.0 Å². The molecule has 4 saturated carbocycles. The van der Waals surface area contributed by atoms with Gasteiger partial charge in [0.15, 0.2) is 5.75 Å². The van der Waals surface area contributed by atoms with E-state index in [1.807, 2.05) is 0 Å². The van der Waals surface area contributed by atoms with Crippen LogP contribution in [0.25, 0.3) is 0 Å². The topological polar surface area (TPSA) is 87.9 Å². The maximum Gasteiger partial charge on any atom is 0.311 e. The van der Waals surface area contributed by atoms with Crippen LogP contribution in [0.5, 0.6) is 5.75 Å². The molecule has 29 heavy (non-hydrogen) atoms. The Morgan fingerprint density at radius 3 is 2.48 bits per heavy atom. The van der Waals surface area contributed by atoms with Crippen LogP contribution in [0.1, 0.15) is 44.9 Å². The predicted octanol–water partition coefficient (Wildman–Crippen LogP) is 3.42. The number of piperidine rings is 1. The lowest BCUT2D eigenvalue weighted by molar-refractivity contribution is -0.385. The Kier molecular flexibility index (Phi) is 4.70. The van der Waals surface area contributed by atoms with E-state index in [4.69, 9.17) is 4.74 Å². The molecule has 2 atom stereocenters. The second-order valence-electron chi connectivity index (χ2n) is 9.78. The highest BCUT2D eigenvalue weighted by Crippen LogP contribution is 2.57. The van der Waals surface area contributed by atoms with E-state index in [0.29, 0.717) is 29.7 Å². The third-order valence-electron chi connectivity index (χ3n) is 7.89. The Bertz CT molecular complexity index is 776. The Hall–Kier alpha value is -1.86. The summed E-state index contributed by atoms with van der Waals surface area (Å²) in [5.41, 5.74) is 0.515. The van der Waals surface area contributed by atoms with E-state index in [1.54, 1.807) is 12.1 Å². The number of benzene rings is 1. The molecule has 1 saturated heterocycles. The van der Waals surface area contributed by atoms with Gasteiger partial charge >= 0.3 is 5.69 Å². The molecule has 7 heteroatoms. The van der Waals surface area contributed by atoms with Crippen LogP contribution in [0.15, 0.2) is 18.2 Å². The fraction of sp³-hybridized carbons (Fsp3) is 0.727. The van der Waals surface area contributed by atoms with Crippen LogP contribution in [0.3, 0.4) is 0 Å². The number of aliphatic hydroxyl groups is 1. The summed E-state index contributed by atoms with van der Waals surface area (Å²) in [6.45, 7) is 2.17. The molecule has 1 aliphatic heterocycles. The first-order valence-corrected chi connectivity index (χ1v) is 11.0. The van der Waals surface area contributed by atoms with Crippen molar-refractivity contribution in [1.29, 1.82) is 0 Å². The van der Waals surface area contributed by atoms with Gasteiger partial charge in [-0.15, -0.1) is 0 Å². The van der Waals surface area contributed by atoms with Crippen molar-refractivity contribution < 1.29 is 14.8 Å². The minimum Gasteiger partial charge on any atom is -0.490 e. The first-order chi connectivity index (χ1) is 13.9. The molecule has 0 aromatic heterocycles. The predicted molar refractivity (Wildman–Crippen MR) is 110 cm³/mol. The van der Waals surface area contributed by atoms with Gasteiger partial charge in [0.25, 0.3) is 0 Å². The van der Waals surface area contributed by atoms with Crippen molar-refractivity contribution in [3.05, 3.63) is 28.3 Å². The number of rotatable bonds is 5. The van der Waals surface area contributed by atoms with Crippen LogP contribution >= 0.6 is 0 Å². The van der Waals surface area contributed by atoms with Gasteiger partial charge < -0.3 is 15.2 Å². The van der Waals surface area contributed by atoms with E-state index in [-0.39, 0.29) is 11.3 Å². The number of ether oxygens (including phenoxy) is 1. The minimum absolute atomic E-state index is 0.00332.